The number of nitrogens with two attached hydrogens (primary N) is 1. The maximum Gasteiger partial charge on any atom is 0.179 e. The molecule has 21 heavy (non-hydrogen) atoms. The van der Waals surface area contributed by atoms with E-state index in [2.05, 4.69) is 18.7 Å². The Morgan fingerprint density at radius 3 is 2.48 bits per heavy atom. The summed E-state index contributed by atoms with van der Waals surface area (Å²) in [6.45, 7) is 4.71. The first-order chi connectivity index (χ1) is 9.81. The topological polar surface area (TPSA) is 87.2 Å². The zero-order chi connectivity index (χ0) is 16.0. The summed E-state index contributed by atoms with van der Waals surface area (Å²) in [5.74, 6) is -0.0531. The monoisotopic (exact) mass is 311 g/mol. The molecule has 1 aromatic rings. The third-order valence-electron chi connectivity index (χ3n) is 3.78. The fourth-order valence-electron chi connectivity index (χ4n) is 2.33. The highest BCUT2D eigenvalue weighted by molar-refractivity contribution is 7.91. The quantitative estimate of drug-likeness (QED) is 0.567. The van der Waals surface area contributed by atoms with Gasteiger partial charge in [0, 0.05) is 18.2 Å². The molecular formula is C15H25N3O2S. The third kappa shape index (κ3) is 4.82. The van der Waals surface area contributed by atoms with Crippen LogP contribution in [0.15, 0.2) is 29.2 Å². The van der Waals surface area contributed by atoms with Gasteiger partial charge in [-0.2, -0.15) is 0 Å². The van der Waals surface area contributed by atoms with Crippen molar-refractivity contribution in [2.24, 2.45) is 5.73 Å². The van der Waals surface area contributed by atoms with Crippen LogP contribution in [-0.4, -0.2) is 44.5 Å². The maximum atomic E-state index is 12.4. The Balaban J connectivity index is 2.82. The van der Waals surface area contributed by atoms with Crippen molar-refractivity contribution >= 4 is 15.7 Å². The molecule has 0 heterocycles. The minimum atomic E-state index is -3.36. The lowest BCUT2D eigenvalue weighted by Crippen LogP contribution is -2.34. The predicted octanol–water partition coefficient (Wildman–Crippen LogP) is 1.86. The van der Waals surface area contributed by atoms with Crippen LogP contribution in [0, 0.1) is 5.41 Å². The number of nitrogen functional groups attached to an aromatic ring is 1. The molecule has 0 aliphatic carbocycles. The van der Waals surface area contributed by atoms with Crippen molar-refractivity contribution in [3.8, 4) is 0 Å². The molecule has 0 saturated carbocycles. The van der Waals surface area contributed by atoms with Crippen molar-refractivity contribution in [1.82, 2.24) is 4.90 Å². The van der Waals surface area contributed by atoms with Crippen LogP contribution in [-0.2, 0) is 9.84 Å². The second-order valence-electron chi connectivity index (χ2n) is 5.21. The van der Waals surface area contributed by atoms with Crippen LogP contribution in [0.1, 0.15) is 32.3 Å². The average molecular weight is 311 g/mol. The summed E-state index contributed by atoms with van der Waals surface area (Å²) in [4.78, 5) is 2.32. The smallest absolute Gasteiger partial charge is 0.179 e. The van der Waals surface area contributed by atoms with Crippen molar-refractivity contribution in [2.45, 2.75) is 37.6 Å². The molecule has 0 bridgehead atoms. The second-order valence-corrected chi connectivity index (χ2v) is 7.32. The van der Waals surface area contributed by atoms with Gasteiger partial charge < -0.3 is 10.6 Å². The van der Waals surface area contributed by atoms with Gasteiger partial charge in [0.1, 0.15) is 5.84 Å². The summed E-state index contributed by atoms with van der Waals surface area (Å²) < 4.78 is 24.7. The lowest BCUT2D eigenvalue weighted by atomic mass is 10.1. The number of hydrogen-bond acceptors (Lipinski definition) is 4. The van der Waals surface area contributed by atoms with Crippen LogP contribution in [0.2, 0.25) is 0 Å². The Kier molecular flexibility index (Phi) is 6.36. The van der Waals surface area contributed by atoms with E-state index < -0.39 is 9.84 Å². The van der Waals surface area contributed by atoms with Crippen LogP contribution < -0.4 is 5.73 Å². The normalized spacial score (nSPS) is 12.0. The van der Waals surface area contributed by atoms with Gasteiger partial charge in [-0.25, -0.2) is 8.42 Å². The molecule has 0 fully saturated rings. The molecule has 1 aromatic carbocycles. The van der Waals surface area contributed by atoms with Crippen molar-refractivity contribution in [3.05, 3.63) is 29.8 Å². The van der Waals surface area contributed by atoms with E-state index in [1.807, 2.05) is 7.05 Å². The molecule has 0 aromatic heterocycles. The maximum absolute atomic E-state index is 12.4. The van der Waals surface area contributed by atoms with Crippen molar-refractivity contribution in [3.63, 3.8) is 0 Å². The van der Waals surface area contributed by atoms with Gasteiger partial charge in [-0.3, -0.25) is 5.41 Å². The zero-order valence-corrected chi connectivity index (χ0v) is 13.8. The highest BCUT2D eigenvalue weighted by Gasteiger charge is 2.18. The van der Waals surface area contributed by atoms with Crippen LogP contribution in [0.4, 0.5) is 0 Å². The van der Waals surface area contributed by atoms with Crippen molar-refractivity contribution in [2.75, 3.05) is 19.3 Å². The first-order valence-electron chi connectivity index (χ1n) is 7.19. The number of sulfone groups is 1. The predicted molar refractivity (Wildman–Crippen MR) is 86.5 cm³/mol. The Morgan fingerprint density at radius 2 is 1.95 bits per heavy atom. The van der Waals surface area contributed by atoms with Gasteiger partial charge in [-0.05, 0) is 32.0 Å². The molecule has 0 aliphatic rings. The fourth-order valence-corrected chi connectivity index (χ4v) is 3.69. The van der Waals surface area contributed by atoms with Crippen LogP contribution in [0.3, 0.4) is 0 Å². The Labute approximate surface area is 127 Å². The molecule has 3 N–H and O–H groups in total. The molecule has 1 rings (SSSR count). The summed E-state index contributed by atoms with van der Waals surface area (Å²) >= 11 is 0. The SMILES string of the molecule is CCC(CC)N(C)CCS(=O)(=O)c1cccc(C(=N)N)c1. The molecular weight excluding hydrogens is 286 g/mol. The summed E-state index contributed by atoms with van der Waals surface area (Å²) in [5.41, 5.74) is 5.84. The minimum absolute atomic E-state index is 0.0708. The molecule has 0 atom stereocenters. The standard InChI is InChI=1S/C15H25N3O2S/c1-4-13(5-2)18(3)9-10-21(19,20)14-8-6-7-12(11-14)15(16)17/h6-8,11,13H,4-5,9-10H2,1-3H3,(H3,16,17). The zero-order valence-electron chi connectivity index (χ0n) is 13.0. The summed E-state index contributed by atoms with van der Waals surface area (Å²) in [6.07, 6.45) is 2.01. The molecule has 5 nitrogen and oxygen atoms in total. The highest BCUT2D eigenvalue weighted by Crippen LogP contribution is 2.14. The summed E-state index contributed by atoms with van der Waals surface area (Å²) in [7, 11) is -1.40. The number of benzene rings is 1. The van der Waals surface area contributed by atoms with Gasteiger partial charge in [0.05, 0.1) is 10.6 Å². The van der Waals surface area contributed by atoms with E-state index in [0.29, 0.717) is 18.2 Å². The first kappa shape index (κ1) is 17.7. The first-order valence-corrected chi connectivity index (χ1v) is 8.84. The van der Waals surface area contributed by atoms with E-state index in [4.69, 9.17) is 11.1 Å². The van der Waals surface area contributed by atoms with Crippen molar-refractivity contribution < 1.29 is 8.42 Å². The van der Waals surface area contributed by atoms with Crippen LogP contribution in [0.25, 0.3) is 0 Å². The number of hydrogen-bond donors (Lipinski definition) is 2. The Bertz CT molecular complexity index is 580. The molecule has 0 aliphatic heterocycles. The largest absolute Gasteiger partial charge is 0.384 e. The molecule has 0 unspecified atom stereocenters. The fraction of sp³-hybridized carbons (Fsp3) is 0.533. The molecule has 0 amide bonds. The lowest BCUT2D eigenvalue weighted by molar-refractivity contribution is 0.242. The Morgan fingerprint density at radius 1 is 1.33 bits per heavy atom. The second kappa shape index (κ2) is 7.56. The van der Waals surface area contributed by atoms with Crippen LogP contribution >= 0.6 is 0 Å². The van der Waals surface area contributed by atoms with Crippen LogP contribution in [0.5, 0.6) is 0 Å². The van der Waals surface area contributed by atoms with E-state index in [-0.39, 0.29) is 16.5 Å². The molecule has 0 saturated heterocycles. The van der Waals surface area contributed by atoms with E-state index in [1.165, 1.54) is 6.07 Å². The van der Waals surface area contributed by atoms with Crippen molar-refractivity contribution in [1.29, 1.82) is 5.41 Å². The summed E-state index contributed by atoms with van der Waals surface area (Å²) in [5, 5.41) is 7.39. The molecule has 118 valence electrons. The van der Waals surface area contributed by atoms with Gasteiger partial charge >= 0.3 is 0 Å². The summed E-state index contributed by atoms with van der Waals surface area (Å²) in [6, 6.07) is 6.68. The van der Waals surface area contributed by atoms with Gasteiger partial charge in [-0.1, -0.05) is 26.0 Å². The molecule has 0 radical (unpaired) electrons. The van der Waals surface area contributed by atoms with Gasteiger partial charge in [0.2, 0.25) is 0 Å². The lowest BCUT2D eigenvalue weighted by Gasteiger charge is -2.25. The number of amidine groups is 1. The van der Waals surface area contributed by atoms with E-state index in [9.17, 15) is 8.42 Å². The van der Waals surface area contributed by atoms with E-state index in [0.717, 1.165) is 12.8 Å². The molecule has 0 spiro atoms. The van der Waals surface area contributed by atoms with E-state index >= 15 is 0 Å². The number of nitrogens with one attached hydrogen (secondary N) is 1. The van der Waals surface area contributed by atoms with E-state index in [1.54, 1.807) is 18.2 Å². The number of rotatable bonds is 8. The average Bonchev–Trinajstić information content (AvgIpc) is 2.46. The number of nitrogens with zero attached hydrogens (tertiary/aromatic N) is 1. The Hall–Kier alpha value is -1.40. The van der Waals surface area contributed by atoms with Gasteiger partial charge in [0.15, 0.2) is 9.84 Å². The molecule has 6 heteroatoms. The van der Waals surface area contributed by atoms with Gasteiger partial charge in [0.25, 0.3) is 0 Å². The van der Waals surface area contributed by atoms with Gasteiger partial charge in [-0.15, -0.1) is 0 Å². The minimum Gasteiger partial charge on any atom is -0.384 e. The highest BCUT2D eigenvalue weighted by atomic mass is 32.2. The third-order valence-corrected chi connectivity index (χ3v) is 5.47.